The van der Waals surface area contributed by atoms with Gasteiger partial charge in [0.1, 0.15) is 12.0 Å². The van der Waals surface area contributed by atoms with Crippen molar-refractivity contribution in [3.8, 4) is 0 Å². The fourth-order valence-corrected chi connectivity index (χ4v) is 3.84. The summed E-state index contributed by atoms with van der Waals surface area (Å²) >= 11 is 0. The number of fused-ring (bicyclic) bond motifs is 2. The zero-order valence-corrected chi connectivity index (χ0v) is 13.9. The van der Waals surface area contributed by atoms with Crippen LogP contribution in [0, 0.1) is 0 Å². The average molecular weight is 396 g/mol. The lowest BCUT2D eigenvalue weighted by Crippen LogP contribution is -2.48. The van der Waals surface area contributed by atoms with Gasteiger partial charge in [-0.25, -0.2) is 9.42 Å². The lowest BCUT2D eigenvalue weighted by atomic mass is 10.0. The first kappa shape index (κ1) is 17.5. The minimum absolute atomic E-state index is 0.0286. The maximum absolute atomic E-state index is 12.2. The summed E-state index contributed by atoms with van der Waals surface area (Å²) < 4.78 is 66.3. The molecule has 25 heavy (non-hydrogen) atoms. The van der Waals surface area contributed by atoms with E-state index in [1.54, 1.807) is 0 Å². The van der Waals surface area contributed by atoms with Crippen molar-refractivity contribution < 1.29 is 35.1 Å². The van der Waals surface area contributed by atoms with Gasteiger partial charge in [0.25, 0.3) is 0 Å². The molecule has 0 saturated carbocycles. The van der Waals surface area contributed by atoms with Crippen LogP contribution in [0.25, 0.3) is 0 Å². The molecule has 2 unspecified atom stereocenters. The van der Waals surface area contributed by atoms with Gasteiger partial charge in [-0.05, 0) is 18.0 Å². The highest BCUT2D eigenvalue weighted by Crippen LogP contribution is 2.31. The SMILES string of the molecule is NC(=NS(=O)(=O)c1cnon1)C1CCC2CN1C(=O)N2OS(=O)(=O)O. The molecular weight excluding hydrogens is 384 g/mol. The molecule has 3 rings (SSSR count). The standard InChI is InChI=1S/C9H12N6O8S2/c10-8(13-24(17,18)7-3-11-22-12-7)6-2-1-5-4-14(6)9(16)15(5)23-25(19,20)21/h3,5-6H,1-2,4H2,(H2,10,13)(H,19,20,21). The highest BCUT2D eigenvalue weighted by molar-refractivity contribution is 7.90. The van der Waals surface area contributed by atoms with Gasteiger partial charge >= 0.3 is 26.5 Å². The number of amides is 2. The van der Waals surface area contributed by atoms with Crippen molar-refractivity contribution in [3.63, 3.8) is 0 Å². The highest BCUT2D eigenvalue weighted by atomic mass is 32.3. The van der Waals surface area contributed by atoms with Crippen molar-refractivity contribution in [1.82, 2.24) is 20.3 Å². The number of aromatic nitrogens is 2. The molecule has 138 valence electrons. The van der Waals surface area contributed by atoms with Crippen molar-refractivity contribution in [2.24, 2.45) is 10.1 Å². The summed E-state index contributed by atoms with van der Waals surface area (Å²) in [6.45, 7) is 0.0286. The van der Waals surface area contributed by atoms with E-state index in [9.17, 15) is 21.6 Å². The van der Waals surface area contributed by atoms with E-state index >= 15 is 0 Å². The Labute approximate surface area is 141 Å². The predicted molar refractivity (Wildman–Crippen MR) is 76.5 cm³/mol. The van der Waals surface area contributed by atoms with Crippen LogP contribution in [0.1, 0.15) is 12.8 Å². The van der Waals surface area contributed by atoms with Gasteiger partial charge in [0.15, 0.2) is 0 Å². The molecule has 0 spiro atoms. The largest absolute Gasteiger partial charge is 0.418 e. The molecule has 2 fully saturated rings. The second-order valence-electron chi connectivity index (χ2n) is 5.25. The Morgan fingerprint density at radius 3 is 2.72 bits per heavy atom. The van der Waals surface area contributed by atoms with E-state index in [0.717, 1.165) is 11.1 Å². The number of amidine groups is 1. The fourth-order valence-electron chi connectivity index (χ4n) is 2.66. The van der Waals surface area contributed by atoms with Crippen LogP contribution in [0.2, 0.25) is 0 Å². The summed E-state index contributed by atoms with van der Waals surface area (Å²) in [5, 5.41) is 6.28. The summed E-state index contributed by atoms with van der Waals surface area (Å²) in [6, 6.07) is -2.41. The molecule has 2 amide bonds. The Hall–Kier alpha value is -2.30. The average Bonchev–Trinajstić information content (AvgIpc) is 3.11. The van der Waals surface area contributed by atoms with Crippen LogP contribution in [-0.4, -0.2) is 72.2 Å². The molecule has 0 radical (unpaired) electrons. The Bertz CT molecular complexity index is 910. The van der Waals surface area contributed by atoms with Crippen molar-refractivity contribution in [1.29, 1.82) is 0 Å². The number of hydrogen-bond acceptors (Lipinski definition) is 9. The van der Waals surface area contributed by atoms with Gasteiger partial charge in [-0.3, -0.25) is 4.55 Å². The fraction of sp³-hybridized carbons (Fsp3) is 0.556. The molecule has 16 heteroatoms. The zero-order chi connectivity index (χ0) is 18.4. The first-order valence-electron chi connectivity index (χ1n) is 6.73. The molecule has 2 bridgehead atoms. The smallest absolute Gasteiger partial charge is 0.385 e. The van der Waals surface area contributed by atoms with Crippen LogP contribution >= 0.6 is 0 Å². The molecule has 1 aromatic heterocycles. The molecule has 2 aliphatic heterocycles. The van der Waals surface area contributed by atoms with Gasteiger partial charge in [-0.1, -0.05) is 5.16 Å². The Balaban J connectivity index is 1.83. The second kappa shape index (κ2) is 5.90. The molecule has 14 nitrogen and oxygen atoms in total. The minimum atomic E-state index is -4.88. The number of nitrogens with zero attached hydrogens (tertiary/aromatic N) is 5. The summed E-state index contributed by atoms with van der Waals surface area (Å²) in [4.78, 5) is 13.3. The number of hydrogen-bond donors (Lipinski definition) is 2. The minimum Gasteiger partial charge on any atom is -0.385 e. The van der Waals surface area contributed by atoms with Crippen LogP contribution in [0.3, 0.4) is 0 Å². The van der Waals surface area contributed by atoms with Crippen molar-refractivity contribution >= 4 is 32.3 Å². The van der Waals surface area contributed by atoms with E-state index in [2.05, 4.69) is 23.6 Å². The summed E-state index contributed by atoms with van der Waals surface area (Å²) in [5.41, 5.74) is 5.73. The number of piperidine rings is 1. The third-order valence-corrected chi connectivity index (χ3v) is 5.18. The van der Waals surface area contributed by atoms with E-state index < -0.39 is 43.6 Å². The third kappa shape index (κ3) is 3.41. The molecule has 2 saturated heterocycles. The van der Waals surface area contributed by atoms with E-state index in [1.807, 2.05) is 0 Å². The summed E-state index contributed by atoms with van der Waals surface area (Å²) in [7, 11) is -9.15. The van der Waals surface area contributed by atoms with E-state index in [-0.39, 0.29) is 25.2 Å². The third-order valence-electron chi connectivity index (χ3n) is 3.67. The van der Waals surface area contributed by atoms with E-state index in [4.69, 9.17) is 10.3 Å². The van der Waals surface area contributed by atoms with Crippen molar-refractivity contribution in [2.45, 2.75) is 30.0 Å². The van der Waals surface area contributed by atoms with Crippen molar-refractivity contribution in [3.05, 3.63) is 6.20 Å². The van der Waals surface area contributed by atoms with Gasteiger partial charge in [-0.15, -0.1) is 8.68 Å². The highest BCUT2D eigenvalue weighted by Gasteiger charge is 2.48. The molecular formula is C9H12N6O8S2. The maximum atomic E-state index is 12.2. The molecule has 3 heterocycles. The number of urea groups is 1. The van der Waals surface area contributed by atoms with Gasteiger partial charge in [0.05, 0.1) is 12.1 Å². The van der Waals surface area contributed by atoms with E-state index in [0.29, 0.717) is 5.06 Å². The lowest BCUT2D eigenvalue weighted by Gasteiger charge is -2.29. The topological polar surface area (TPSA) is 199 Å². The van der Waals surface area contributed by atoms with Crippen LogP contribution in [-0.2, 0) is 24.7 Å². The van der Waals surface area contributed by atoms with E-state index in [1.165, 1.54) is 0 Å². The molecule has 0 aliphatic carbocycles. The molecule has 0 aromatic carbocycles. The number of carbonyl (C=O) groups is 1. The molecule has 3 N–H and O–H groups in total. The van der Waals surface area contributed by atoms with Gasteiger partial charge in [0.2, 0.25) is 5.03 Å². The normalized spacial score (nSPS) is 24.8. The monoisotopic (exact) mass is 396 g/mol. The molecule has 2 aliphatic rings. The quantitative estimate of drug-likeness (QED) is 0.320. The Morgan fingerprint density at radius 1 is 1.40 bits per heavy atom. The number of carbonyl (C=O) groups excluding carboxylic acids is 1. The number of nitrogens with two attached hydrogens (primary N) is 1. The van der Waals surface area contributed by atoms with Crippen LogP contribution < -0.4 is 5.73 Å². The zero-order valence-electron chi connectivity index (χ0n) is 12.3. The first-order chi connectivity index (χ1) is 11.6. The van der Waals surface area contributed by atoms with Gasteiger partial charge < -0.3 is 10.6 Å². The van der Waals surface area contributed by atoms with Crippen LogP contribution in [0.15, 0.2) is 20.2 Å². The first-order valence-corrected chi connectivity index (χ1v) is 9.54. The Kier molecular flexibility index (Phi) is 4.13. The summed E-state index contributed by atoms with van der Waals surface area (Å²) in [5.74, 6) is -0.386. The molecule has 2 atom stereocenters. The predicted octanol–water partition coefficient (Wildman–Crippen LogP) is -1.88. The number of sulfonamides is 1. The molecule has 1 aromatic rings. The number of hydroxylamine groups is 2. The van der Waals surface area contributed by atoms with Gasteiger partial charge in [-0.2, -0.15) is 21.9 Å². The van der Waals surface area contributed by atoms with Crippen molar-refractivity contribution in [2.75, 3.05) is 6.54 Å². The maximum Gasteiger partial charge on any atom is 0.418 e. The lowest BCUT2D eigenvalue weighted by molar-refractivity contribution is -0.0316. The van der Waals surface area contributed by atoms with Crippen LogP contribution in [0.4, 0.5) is 4.79 Å². The van der Waals surface area contributed by atoms with Crippen LogP contribution in [0.5, 0.6) is 0 Å². The number of rotatable bonds is 5. The Morgan fingerprint density at radius 2 is 2.12 bits per heavy atom. The van der Waals surface area contributed by atoms with Gasteiger partial charge in [0, 0.05) is 6.54 Å². The second-order valence-corrected chi connectivity index (χ2v) is 7.80. The summed E-state index contributed by atoms with van der Waals surface area (Å²) in [6.07, 6.45) is 1.31.